The molecule has 0 saturated heterocycles. The molecule has 0 aromatic heterocycles. The molecule has 0 bridgehead atoms. The van der Waals surface area contributed by atoms with Gasteiger partial charge in [0.15, 0.2) is 0 Å². The highest BCUT2D eigenvalue weighted by Crippen LogP contribution is 2.29. The summed E-state index contributed by atoms with van der Waals surface area (Å²) in [5, 5.41) is 12.6. The predicted octanol–water partition coefficient (Wildman–Crippen LogP) is 3.08. The molecule has 98 valence electrons. The van der Waals surface area contributed by atoms with Crippen LogP contribution in [0, 0.1) is 11.8 Å². The van der Waals surface area contributed by atoms with Crippen molar-refractivity contribution in [1.29, 1.82) is 0 Å². The minimum absolute atomic E-state index is 0.0727. The summed E-state index contributed by atoms with van der Waals surface area (Å²) in [6.07, 6.45) is 3.61. The van der Waals surface area contributed by atoms with Crippen molar-refractivity contribution in [1.82, 2.24) is 0 Å². The van der Waals surface area contributed by atoms with Crippen LogP contribution in [0.1, 0.15) is 25.7 Å². The molecule has 4 heteroatoms. The molecule has 1 aliphatic rings. The zero-order chi connectivity index (χ0) is 13.0. The average Bonchev–Trinajstić information content (AvgIpc) is 2.41. The van der Waals surface area contributed by atoms with E-state index in [0.29, 0.717) is 10.9 Å². The molecular formula is C14H18ClNO2. The van der Waals surface area contributed by atoms with E-state index in [1.165, 1.54) is 0 Å². The van der Waals surface area contributed by atoms with Crippen molar-refractivity contribution in [3.63, 3.8) is 0 Å². The van der Waals surface area contributed by atoms with Gasteiger partial charge in [0, 0.05) is 23.2 Å². The number of halogens is 1. The number of amides is 1. The number of aliphatic hydroxyl groups is 1. The van der Waals surface area contributed by atoms with Gasteiger partial charge in [-0.25, -0.2) is 0 Å². The minimum atomic E-state index is 0.0727. The fourth-order valence-corrected chi connectivity index (χ4v) is 2.51. The second-order valence-corrected chi connectivity index (χ2v) is 5.33. The lowest BCUT2D eigenvalue weighted by Gasteiger charge is -2.26. The standard InChI is InChI=1S/C14H18ClNO2/c15-12-5-7-13(8-6-12)16-14(18)11-3-1-10(9-17)2-4-11/h5-8,10-11,17H,1-4,9H2,(H,16,18). The van der Waals surface area contributed by atoms with E-state index in [1.54, 1.807) is 24.3 Å². The van der Waals surface area contributed by atoms with E-state index in [9.17, 15) is 4.79 Å². The predicted molar refractivity (Wildman–Crippen MR) is 72.6 cm³/mol. The zero-order valence-electron chi connectivity index (χ0n) is 10.2. The van der Waals surface area contributed by atoms with Crippen molar-refractivity contribution in [2.45, 2.75) is 25.7 Å². The van der Waals surface area contributed by atoms with E-state index in [2.05, 4.69) is 5.32 Å². The molecule has 1 amide bonds. The van der Waals surface area contributed by atoms with Crippen molar-refractivity contribution in [2.24, 2.45) is 11.8 Å². The lowest BCUT2D eigenvalue weighted by Crippen LogP contribution is -2.28. The molecule has 1 aliphatic carbocycles. The van der Waals surface area contributed by atoms with Crippen molar-refractivity contribution in [2.75, 3.05) is 11.9 Å². The van der Waals surface area contributed by atoms with Gasteiger partial charge >= 0.3 is 0 Å². The maximum atomic E-state index is 12.0. The summed E-state index contributed by atoms with van der Waals surface area (Å²) >= 11 is 5.79. The topological polar surface area (TPSA) is 49.3 Å². The van der Waals surface area contributed by atoms with Gasteiger partial charge in [0.2, 0.25) is 5.91 Å². The number of hydrogen-bond acceptors (Lipinski definition) is 2. The van der Waals surface area contributed by atoms with Gasteiger partial charge in [-0.1, -0.05) is 11.6 Å². The van der Waals surface area contributed by atoms with Gasteiger partial charge in [-0.3, -0.25) is 4.79 Å². The summed E-state index contributed by atoms with van der Waals surface area (Å²) in [7, 11) is 0. The molecular weight excluding hydrogens is 250 g/mol. The molecule has 1 aromatic rings. The molecule has 2 rings (SSSR count). The second-order valence-electron chi connectivity index (χ2n) is 4.90. The minimum Gasteiger partial charge on any atom is -0.396 e. The summed E-state index contributed by atoms with van der Waals surface area (Å²) in [6, 6.07) is 7.14. The Bertz CT molecular complexity index is 397. The molecule has 2 N–H and O–H groups in total. The SMILES string of the molecule is O=C(Nc1ccc(Cl)cc1)C1CCC(CO)CC1. The van der Waals surface area contributed by atoms with Crippen LogP contribution in [0.15, 0.2) is 24.3 Å². The van der Waals surface area contributed by atoms with Gasteiger partial charge in [-0.15, -0.1) is 0 Å². The monoisotopic (exact) mass is 267 g/mol. The van der Waals surface area contributed by atoms with E-state index in [4.69, 9.17) is 16.7 Å². The number of rotatable bonds is 3. The molecule has 0 heterocycles. The Balaban J connectivity index is 1.87. The largest absolute Gasteiger partial charge is 0.396 e. The summed E-state index contributed by atoms with van der Waals surface area (Å²) < 4.78 is 0. The van der Waals surface area contributed by atoms with Gasteiger partial charge in [0.1, 0.15) is 0 Å². The molecule has 0 aliphatic heterocycles. The Morgan fingerprint density at radius 1 is 1.22 bits per heavy atom. The Morgan fingerprint density at radius 3 is 2.39 bits per heavy atom. The Kier molecular flexibility index (Phi) is 4.61. The summed E-state index contributed by atoms with van der Waals surface area (Å²) in [6.45, 7) is 0.242. The van der Waals surface area contributed by atoms with Crippen LogP contribution in [0.5, 0.6) is 0 Å². The normalized spacial score (nSPS) is 23.7. The Morgan fingerprint density at radius 2 is 1.83 bits per heavy atom. The van der Waals surface area contributed by atoms with Gasteiger partial charge < -0.3 is 10.4 Å². The van der Waals surface area contributed by atoms with Gasteiger partial charge in [-0.2, -0.15) is 0 Å². The molecule has 0 atom stereocenters. The number of aliphatic hydroxyl groups excluding tert-OH is 1. The average molecular weight is 268 g/mol. The van der Waals surface area contributed by atoms with E-state index in [-0.39, 0.29) is 18.4 Å². The van der Waals surface area contributed by atoms with Crippen LogP contribution < -0.4 is 5.32 Å². The van der Waals surface area contributed by atoms with Crippen LogP contribution in [0.25, 0.3) is 0 Å². The number of carbonyl (C=O) groups is 1. The van der Waals surface area contributed by atoms with Crippen molar-refractivity contribution >= 4 is 23.2 Å². The van der Waals surface area contributed by atoms with Crippen LogP contribution in [-0.4, -0.2) is 17.6 Å². The third-order valence-corrected chi connectivity index (χ3v) is 3.84. The summed E-state index contributed by atoms with van der Waals surface area (Å²) in [4.78, 5) is 12.0. The molecule has 1 saturated carbocycles. The maximum Gasteiger partial charge on any atom is 0.227 e. The quantitative estimate of drug-likeness (QED) is 0.884. The van der Waals surface area contributed by atoms with Crippen molar-refractivity contribution in [3.05, 3.63) is 29.3 Å². The van der Waals surface area contributed by atoms with Gasteiger partial charge in [0.25, 0.3) is 0 Å². The van der Waals surface area contributed by atoms with E-state index in [0.717, 1.165) is 31.4 Å². The lowest BCUT2D eigenvalue weighted by molar-refractivity contribution is -0.121. The lowest BCUT2D eigenvalue weighted by atomic mass is 9.82. The number of carbonyl (C=O) groups excluding carboxylic acids is 1. The van der Waals surface area contributed by atoms with Crippen LogP contribution in [0.3, 0.4) is 0 Å². The molecule has 0 spiro atoms. The molecule has 1 fully saturated rings. The number of nitrogens with one attached hydrogen (secondary N) is 1. The second kappa shape index (κ2) is 6.21. The maximum absolute atomic E-state index is 12.0. The fourth-order valence-electron chi connectivity index (χ4n) is 2.38. The van der Waals surface area contributed by atoms with Gasteiger partial charge in [-0.05, 0) is 55.9 Å². The molecule has 0 radical (unpaired) electrons. The smallest absolute Gasteiger partial charge is 0.227 e. The van der Waals surface area contributed by atoms with Crippen LogP contribution in [0.4, 0.5) is 5.69 Å². The van der Waals surface area contributed by atoms with Gasteiger partial charge in [0.05, 0.1) is 0 Å². The number of benzene rings is 1. The fraction of sp³-hybridized carbons (Fsp3) is 0.500. The highest BCUT2D eigenvalue weighted by atomic mass is 35.5. The first-order valence-corrected chi connectivity index (χ1v) is 6.74. The first kappa shape index (κ1) is 13.4. The summed E-state index contributed by atoms with van der Waals surface area (Å²) in [5.74, 6) is 0.529. The molecule has 18 heavy (non-hydrogen) atoms. The molecule has 0 unspecified atom stereocenters. The van der Waals surface area contributed by atoms with E-state index >= 15 is 0 Å². The molecule has 1 aromatic carbocycles. The first-order valence-electron chi connectivity index (χ1n) is 6.36. The van der Waals surface area contributed by atoms with Crippen LogP contribution in [-0.2, 0) is 4.79 Å². The number of anilines is 1. The van der Waals surface area contributed by atoms with E-state index < -0.39 is 0 Å². The molecule has 3 nitrogen and oxygen atoms in total. The van der Waals surface area contributed by atoms with E-state index in [1.807, 2.05) is 0 Å². The zero-order valence-corrected chi connectivity index (χ0v) is 11.0. The third-order valence-electron chi connectivity index (χ3n) is 3.59. The summed E-state index contributed by atoms with van der Waals surface area (Å²) in [5.41, 5.74) is 0.786. The first-order chi connectivity index (χ1) is 8.69. The Hall–Kier alpha value is -1.06. The highest BCUT2D eigenvalue weighted by Gasteiger charge is 2.25. The van der Waals surface area contributed by atoms with Crippen molar-refractivity contribution in [3.8, 4) is 0 Å². The van der Waals surface area contributed by atoms with Crippen molar-refractivity contribution < 1.29 is 9.90 Å². The Labute approximate surface area is 112 Å². The van der Waals surface area contributed by atoms with Crippen LogP contribution in [0.2, 0.25) is 5.02 Å². The third kappa shape index (κ3) is 3.47. The van der Waals surface area contributed by atoms with Crippen LogP contribution >= 0.6 is 11.6 Å². The highest BCUT2D eigenvalue weighted by molar-refractivity contribution is 6.30. The number of hydrogen-bond donors (Lipinski definition) is 2.